The summed E-state index contributed by atoms with van der Waals surface area (Å²) in [7, 11) is 1.58. The van der Waals surface area contributed by atoms with E-state index in [1.165, 1.54) is 6.07 Å². The van der Waals surface area contributed by atoms with Gasteiger partial charge in [0.15, 0.2) is 0 Å². The average molecular weight is 309 g/mol. The number of hydrogen-bond donors (Lipinski definition) is 1. The molecule has 0 radical (unpaired) electrons. The van der Waals surface area contributed by atoms with E-state index in [1.54, 1.807) is 31.5 Å². The highest BCUT2D eigenvalue weighted by Crippen LogP contribution is 2.24. The van der Waals surface area contributed by atoms with Crippen LogP contribution in [0.2, 0.25) is 5.02 Å². The van der Waals surface area contributed by atoms with Crippen LogP contribution in [-0.4, -0.2) is 18.6 Å². The van der Waals surface area contributed by atoms with E-state index in [0.29, 0.717) is 22.9 Å². The van der Waals surface area contributed by atoms with Crippen molar-refractivity contribution in [2.24, 2.45) is 0 Å². The van der Waals surface area contributed by atoms with E-state index in [9.17, 15) is 4.39 Å². The Balaban J connectivity index is 2.21. The van der Waals surface area contributed by atoms with Gasteiger partial charge >= 0.3 is 0 Å². The third-order valence-electron chi connectivity index (χ3n) is 3.24. The monoisotopic (exact) mass is 308 g/mol. The molecule has 0 bridgehead atoms. The summed E-state index contributed by atoms with van der Waals surface area (Å²) >= 11 is 5.81. The van der Waals surface area contributed by atoms with Crippen LogP contribution in [0.5, 0.6) is 5.88 Å². The van der Waals surface area contributed by atoms with Crippen molar-refractivity contribution in [2.75, 3.05) is 13.7 Å². The fraction of sp³-hybridized carbons (Fsp3) is 0.312. The summed E-state index contributed by atoms with van der Waals surface area (Å²) in [6, 6.07) is 8.38. The van der Waals surface area contributed by atoms with Crippen LogP contribution >= 0.6 is 11.6 Å². The molecule has 2 aromatic rings. The van der Waals surface area contributed by atoms with Crippen LogP contribution in [0, 0.1) is 5.82 Å². The van der Waals surface area contributed by atoms with E-state index in [4.69, 9.17) is 16.3 Å². The summed E-state index contributed by atoms with van der Waals surface area (Å²) in [6.45, 7) is 2.74. The van der Waals surface area contributed by atoms with E-state index >= 15 is 0 Å². The van der Waals surface area contributed by atoms with Crippen molar-refractivity contribution < 1.29 is 9.13 Å². The topological polar surface area (TPSA) is 34.1 Å². The molecule has 0 amide bonds. The van der Waals surface area contributed by atoms with Gasteiger partial charge in [0.1, 0.15) is 5.82 Å². The Morgan fingerprint density at radius 1 is 1.33 bits per heavy atom. The zero-order chi connectivity index (χ0) is 15.2. The molecule has 21 heavy (non-hydrogen) atoms. The minimum atomic E-state index is -0.296. The van der Waals surface area contributed by atoms with E-state index in [-0.39, 0.29) is 11.9 Å². The number of nitrogens with one attached hydrogen (secondary N) is 1. The molecular weight excluding hydrogens is 291 g/mol. The van der Waals surface area contributed by atoms with Gasteiger partial charge in [0, 0.05) is 28.9 Å². The van der Waals surface area contributed by atoms with Gasteiger partial charge in [-0.2, -0.15) is 0 Å². The van der Waals surface area contributed by atoms with Gasteiger partial charge in [-0.25, -0.2) is 9.37 Å². The number of rotatable bonds is 6. The Kier molecular flexibility index (Phi) is 5.53. The SMILES string of the molecule is CCNC(Cc1ccc(OC)nc1)c1ccc(Cl)cc1F. The first-order valence-electron chi connectivity index (χ1n) is 6.81. The van der Waals surface area contributed by atoms with E-state index in [1.807, 2.05) is 13.0 Å². The lowest BCUT2D eigenvalue weighted by Crippen LogP contribution is -2.24. The van der Waals surface area contributed by atoms with Crippen LogP contribution < -0.4 is 10.1 Å². The first kappa shape index (κ1) is 15.7. The highest BCUT2D eigenvalue weighted by atomic mass is 35.5. The molecule has 3 nitrogen and oxygen atoms in total. The van der Waals surface area contributed by atoms with Crippen LogP contribution in [0.25, 0.3) is 0 Å². The maximum absolute atomic E-state index is 14.1. The molecule has 1 aromatic carbocycles. The second kappa shape index (κ2) is 7.38. The molecule has 1 unspecified atom stereocenters. The molecule has 0 aliphatic carbocycles. The lowest BCUT2D eigenvalue weighted by atomic mass is 9.99. The quantitative estimate of drug-likeness (QED) is 0.882. The number of benzene rings is 1. The number of ether oxygens (including phenoxy) is 1. The lowest BCUT2D eigenvalue weighted by molar-refractivity contribution is 0.397. The van der Waals surface area contributed by atoms with E-state index in [2.05, 4.69) is 10.3 Å². The summed E-state index contributed by atoms with van der Waals surface area (Å²) in [5.74, 6) is 0.270. The maximum atomic E-state index is 14.1. The molecule has 2 rings (SSSR count). The van der Waals surface area contributed by atoms with Crippen molar-refractivity contribution >= 4 is 11.6 Å². The smallest absolute Gasteiger partial charge is 0.212 e. The molecule has 1 N–H and O–H groups in total. The number of aromatic nitrogens is 1. The van der Waals surface area contributed by atoms with Gasteiger partial charge in [0.05, 0.1) is 7.11 Å². The molecule has 1 heterocycles. The zero-order valence-electron chi connectivity index (χ0n) is 12.1. The van der Waals surface area contributed by atoms with Gasteiger partial charge in [0.2, 0.25) is 5.88 Å². The summed E-state index contributed by atoms with van der Waals surface area (Å²) in [6.07, 6.45) is 2.39. The Hall–Kier alpha value is -1.65. The Morgan fingerprint density at radius 3 is 2.71 bits per heavy atom. The zero-order valence-corrected chi connectivity index (χ0v) is 12.8. The standard InChI is InChI=1S/C16H18ClFN2O/c1-3-19-15(13-6-5-12(17)9-14(13)18)8-11-4-7-16(21-2)20-10-11/h4-7,9-10,15,19H,3,8H2,1-2H3. The fourth-order valence-electron chi connectivity index (χ4n) is 2.21. The molecule has 1 atom stereocenters. The van der Waals surface area contributed by atoms with Crippen molar-refractivity contribution in [3.63, 3.8) is 0 Å². The second-order valence-corrected chi connectivity index (χ2v) is 5.13. The average Bonchev–Trinajstić information content (AvgIpc) is 2.48. The van der Waals surface area contributed by atoms with Gasteiger partial charge in [-0.3, -0.25) is 0 Å². The van der Waals surface area contributed by atoms with Crippen LogP contribution in [0.3, 0.4) is 0 Å². The first-order valence-corrected chi connectivity index (χ1v) is 7.19. The van der Waals surface area contributed by atoms with Crippen LogP contribution in [0.4, 0.5) is 4.39 Å². The molecule has 112 valence electrons. The molecule has 0 aliphatic heterocycles. The Labute approximate surface area is 129 Å². The number of halogens is 2. The third kappa shape index (κ3) is 4.16. The predicted octanol–water partition coefficient (Wildman–Crippen LogP) is 3.78. The lowest BCUT2D eigenvalue weighted by Gasteiger charge is -2.19. The number of likely N-dealkylation sites (N-methyl/N-ethyl adjacent to an activating group) is 1. The largest absolute Gasteiger partial charge is 0.481 e. The highest BCUT2D eigenvalue weighted by Gasteiger charge is 2.16. The van der Waals surface area contributed by atoms with Crippen molar-refractivity contribution in [3.05, 3.63) is 58.5 Å². The van der Waals surface area contributed by atoms with Gasteiger partial charge in [0.25, 0.3) is 0 Å². The molecule has 1 aromatic heterocycles. The van der Waals surface area contributed by atoms with Crippen LogP contribution in [-0.2, 0) is 6.42 Å². The number of nitrogens with zero attached hydrogens (tertiary/aromatic N) is 1. The molecule has 0 aliphatic rings. The molecule has 0 fully saturated rings. The summed E-state index contributed by atoms with van der Waals surface area (Å²) in [5, 5.41) is 3.69. The molecule has 0 spiro atoms. The van der Waals surface area contributed by atoms with E-state index < -0.39 is 0 Å². The molecular formula is C16H18ClFN2O. The van der Waals surface area contributed by atoms with Crippen LogP contribution in [0.1, 0.15) is 24.1 Å². The van der Waals surface area contributed by atoms with Gasteiger partial charge in [-0.05, 0) is 30.7 Å². The molecule has 0 saturated heterocycles. The van der Waals surface area contributed by atoms with Crippen molar-refractivity contribution in [2.45, 2.75) is 19.4 Å². The van der Waals surface area contributed by atoms with Crippen molar-refractivity contribution in [3.8, 4) is 5.88 Å². The van der Waals surface area contributed by atoms with Crippen molar-refractivity contribution in [1.82, 2.24) is 10.3 Å². The van der Waals surface area contributed by atoms with Crippen molar-refractivity contribution in [1.29, 1.82) is 0 Å². The van der Waals surface area contributed by atoms with Crippen LogP contribution in [0.15, 0.2) is 36.5 Å². The Bertz CT molecular complexity index is 589. The summed E-state index contributed by atoms with van der Waals surface area (Å²) in [4.78, 5) is 4.18. The predicted molar refractivity (Wildman–Crippen MR) is 82.3 cm³/mol. The number of methoxy groups -OCH3 is 1. The first-order chi connectivity index (χ1) is 10.1. The number of pyridine rings is 1. The van der Waals surface area contributed by atoms with Gasteiger partial charge < -0.3 is 10.1 Å². The molecule has 5 heteroatoms. The normalized spacial score (nSPS) is 12.2. The summed E-state index contributed by atoms with van der Waals surface area (Å²) in [5.41, 5.74) is 1.62. The number of hydrogen-bond acceptors (Lipinski definition) is 3. The maximum Gasteiger partial charge on any atom is 0.212 e. The van der Waals surface area contributed by atoms with Gasteiger partial charge in [-0.1, -0.05) is 30.7 Å². The highest BCUT2D eigenvalue weighted by molar-refractivity contribution is 6.30. The minimum Gasteiger partial charge on any atom is -0.481 e. The summed E-state index contributed by atoms with van der Waals surface area (Å²) < 4.78 is 19.1. The second-order valence-electron chi connectivity index (χ2n) is 4.69. The minimum absolute atomic E-state index is 0.123. The Morgan fingerprint density at radius 2 is 2.14 bits per heavy atom. The third-order valence-corrected chi connectivity index (χ3v) is 3.47. The fourth-order valence-corrected chi connectivity index (χ4v) is 2.37. The van der Waals surface area contributed by atoms with E-state index in [0.717, 1.165) is 12.1 Å². The molecule has 0 saturated carbocycles. The van der Waals surface area contributed by atoms with Gasteiger partial charge in [-0.15, -0.1) is 0 Å².